The second kappa shape index (κ2) is 12.9. The van der Waals surface area contributed by atoms with Crippen LogP contribution in [0.2, 0.25) is 0 Å². The van der Waals surface area contributed by atoms with Crippen molar-refractivity contribution in [3.8, 4) is 0 Å². The molecule has 0 spiro atoms. The highest BCUT2D eigenvalue weighted by Gasteiger charge is 2.24. The van der Waals surface area contributed by atoms with Gasteiger partial charge in [-0.1, -0.05) is 55.5 Å². The van der Waals surface area contributed by atoms with E-state index in [1.54, 1.807) is 0 Å². The number of nitrogens with zero attached hydrogens (tertiary/aromatic N) is 3. The fraction of sp³-hybridized carbons (Fsp3) is 0.269. The van der Waals surface area contributed by atoms with Gasteiger partial charge in [-0.25, -0.2) is 4.39 Å². The third kappa shape index (κ3) is 7.18. The molecule has 0 amide bonds. The molecule has 34 heavy (non-hydrogen) atoms. The molecule has 6 nitrogen and oxygen atoms in total. The Morgan fingerprint density at radius 2 is 2.15 bits per heavy atom. The first kappa shape index (κ1) is 27.1. The first-order valence-electron chi connectivity index (χ1n) is 10.8. The molecule has 1 aromatic carbocycles. The van der Waals surface area contributed by atoms with Crippen molar-refractivity contribution in [2.45, 2.75) is 33.2 Å². The van der Waals surface area contributed by atoms with Gasteiger partial charge in [-0.2, -0.15) is 0 Å². The number of hydrogen-bond acceptors (Lipinski definition) is 6. The summed E-state index contributed by atoms with van der Waals surface area (Å²) in [5.74, 6) is -0.976. The average Bonchev–Trinajstić information content (AvgIpc) is 3.10. The number of aliphatic imine (C=N–C) groups is 2. The Kier molecular flexibility index (Phi) is 10.3. The second-order valence-corrected chi connectivity index (χ2v) is 8.09. The van der Waals surface area contributed by atoms with Crippen LogP contribution >= 0.6 is 11.6 Å². The van der Waals surface area contributed by atoms with E-state index >= 15 is 0 Å². The van der Waals surface area contributed by atoms with Gasteiger partial charge in [0.15, 0.2) is 5.78 Å². The Bertz CT molecular complexity index is 1100. The maximum atomic E-state index is 14.5. The number of halogens is 2. The molecule has 0 fully saturated rings. The van der Waals surface area contributed by atoms with Crippen LogP contribution in [0.1, 0.15) is 37.0 Å². The number of hydroxylamine groups is 2. The van der Waals surface area contributed by atoms with Crippen molar-refractivity contribution < 1.29 is 14.4 Å². The maximum Gasteiger partial charge on any atom is 0.162 e. The van der Waals surface area contributed by atoms with Gasteiger partial charge >= 0.3 is 0 Å². The van der Waals surface area contributed by atoms with E-state index in [9.17, 15) is 14.4 Å². The lowest BCUT2D eigenvalue weighted by molar-refractivity contribution is -0.113. The van der Waals surface area contributed by atoms with Crippen molar-refractivity contribution in [3.63, 3.8) is 0 Å². The van der Waals surface area contributed by atoms with Gasteiger partial charge in [-0.3, -0.25) is 30.4 Å². The van der Waals surface area contributed by atoms with Crippen molar-refractivity contribution in [1.82, 2.24) is 10.4 Å². The highest BCUT2D eigenvalue weighted by atomic mass is 35.5. The summed E-state index contributed by atoms with van der Waals surface area (Å²) in [6.07, 6.45) is 5.17. The Balaban J connectivity index is 2.15. The lowest BCUT2D eigenvalue weighted by Crippen LogP contribution is -2.17. The summed E-state index contributed by atoms with van der Waals surface area (Å²) in [6.45, 7) is 15.1. The molecule has 0 bridgehead atoms. The molecule has 0 saturated carbocycles. The lowest BCUT2D eigenvalue weighted by Gasteiger charge is -2.12. The molecule has 2 N–H and O–H groups in total. The van der Waals surface area contributed by atoms with Gasteiger partial charge in [0.1, 0.15) is 5.83 Å². The average molecular weight is 485 g/mol. The fourth-order valence-corrected chi connectivity index (χ4v) is 3.57. The number of carbonyl (C=O) groups is 1. The van der Waals surface area contributed by atoms with Crippen LogP contribution in [0.4, 0.5) is 4.39 Å². The summed E-state index contributed by atoms with van der Waals surface area (Å²) in [4.78, 5) is 20.0. The van der Waals surface area contributed by atoms with E-state index in [0.717, 1.165) is 21.8 Å². The van der Waals surface area contributed by atoms with Crippen LogP contribution in [0.3, 0.4) is 0 Å². The van der Waals surface area contributed by atoms with Crippen LogP contribution in [0.5, 0.6) is 0 Å². The van der Waals surface area contributed by atoms with Gasteiger partial charge in [0.25, 0.3) is 0 Å². The summed E-state index contributed by atoms with van der Waals surface area (Å²) in [5, 5.41) is 14.4. The summed E-state index contributed by atoms with van der Waals surface area (Å²) < 4.78 is 14.5. The quantitative estimate of drug-likeness (QED) is 0.177. The maximum absolute atomic E-state index is 14.5. The van der Waals surface area contributed by atoms with Crippen LogP contribution in [0.15, 0.2) is 81.7 Å². The zero-order chi connectivity index (χ0) is 25.3. The van der Waals surface area contributed by atoms with E-state index in [1.807, 2.05) is 25.1 Å². The number of Topliss-reactive ketones (excluding diaryl/α,β-unsaturated/α-hetero) is 1. The summed E-state index contributed by atoms with van der Waals surface area (Å²) in [5.41, 5.74) is 4.48. The Morgan fingerprint density at radius 1 is 1.41 bits per heavy atom. The molecule has 8 heteroatoms. The molecule has 0 aromatic heterocycles. The second-order valence-electron chi connectivity index (χ2n) is 7.69. The molecule has 1 aliphatic heterocycles. The van der Waals surface area contributed by atoms with Crippen LogP contribution in [-0.4, -0.2) is 41.7 Å². The van der Waals surface area contributed by atoms with Gasteiger partial charge < -0.3 is 0 Å². The third-order valence-corrected chi connectivity index (χ3v) is 5.56. The number of fused-ring (bicyclic) bond motifs is 1. The molecular formula is C26H30ClFN4O2. The van der Waals surface area contributed by atoms with E-state index in [0.29, 0.717) is 41.4 Å². The van der Waals surface area contributed by atoms with Crippen molar-refractivity contribution in [1.29, 1.82) is 0 Å². The number of ketones is 1. The predicted octanol–water partition coefficient (Wildman–Crippen LogP) is 5.51. The molecule has 1 aliphatic rings. The zero-order valence-corrected chi connectivity index (χ0v) is 20.3. The molecule has 0 aliphatic carbocycles. The normalized spacial score (nSPS) is 15.0. The first-order chi connectivity index (χ1) is 16.2. The topological polar surface area (TPSA) is 77.3 Å². The molecule has 0 unspecified atom stereocenters. The van der Waals surface area contributed by atoms with Crippen molar-refractivity contribution in [2.24, 2.45) is 9.98 Å². The molecular weight excluding hydrogens is 455 g/mol. The summed E-state index contributed by atoms with van der Waals surface area (Å²) >= 11 is 6.38. The number of hydrogen-bond donors (Lipinski definition) is 2. The SMILES string of the molecule is C=N/C=C(Cl)\C(Cc1cccc2c1C(=C)N(O)C2)=N/CNC/C=C(F)\C(=C/C(=C)CC)C(C)=O. The Labute approximate surface area is 205 Å². The van der Waals surface area contributed by atoms with E-state index in [1.165, 1.54) is 25.3 Å². The van der Waals surface area contributed by atoms with Gasteiger partial charge in [0.2, 0.25) is 0 Å². The molecule has 1 heterocycles. The van der Waals surface area contributed by atoms with Crippen LogP contribution in [0.25, 0.3) is 5.70 Å². The van der Waals surface area contributed by atoms with Crippen LogP contribution in [-0.2, 0) is 17.8 Å². The molecule has 180 valence electrons. The monoisotopic (exact) mass is 484 g/mol. The molecule has 2 rings (SSSR count). The minimum atomic E-state index is -0.612. The van der Waals surface area contributed by atoms with E-state index in [4.69, 9.17) is 11.6 Å². The van der Waals surface area contributed by atoms with Crippen molar-refractivity contribution >= 4 is 35.5 Å². The third-order valence-electron chi connectivity index (χ3n) is 5.24. The fourth-order valence-electron chi connectivity index (χ4n) is 3.37. The van der Waals surface area contributed by atoms with Crippen LogP contribution in [0, 0.1) is 0 Å². The number of rotatable bonds is 12. The van der Waals surface area contributed by atoms with Crippen molar-refractivity contribution in [3.05, 3.63) is 88.4 Å². The summed E-state index contributed by atoms with van der Waals surface area (Å²) in [6, 6.07) is 5.76. The number of carbonyl (C=O) groups excluding carboxylic acids is 1. The Morgan fingerprint density at radius 3 is 2.79 bits per heavy atom. The molecule has 0 saturated heterocycles. The highest BCUT2D eigenvalue weighted by Crippen LogP contribution is 2.33. The largest absolute Gasteiger partial charge is 0.295 e. The predicted molar refractivity (Wildman–Crippen MR) is 138 cm³/mol. The number of allylic oxidation sites excluding steroid dienone is 5. The van der Waals surface area contributed by atoms with E-state index in [2.05, 4.69) is 35.2 Å². The van der Waals surface area contributed by atoms with Gasteiger partial charge in [-0.15, -0.1) is 0 Å². The summed E-state index contributed by atoms with van der Waals surface area (Å²) in [7, 11) is 0. The molecule has 1 aromatic rings. The van der Waals surface area contributed by atoms with E-state index in [-0.39, 0.29) is 24.6 Å². The number of nitrogens with one attached hydrogen (secondary N) is 1. The minimum absolute atomic E-state index is 0.00281. The highest BCUT2D eigenvalue weighted by molar-refractivity contribution is 6.43. The Hall–Kier alpha value is -3.13. The van der Waals surface area contributed by atoms with Gasteiger partial charge in [0, 0.05) is 24.7 Å². The van der Waals surface area contributed by atoms with E-state index < -0.39 is 5.83 Å². The first-order valence-corrected chi connectivity index (χ1v) is 11.2. The van der Waals surface area contributed by atoms with Gasteiger partial charge in [-0.05, 0) is 43.3 Å². The minimum Gasteiger partial charge on any atom is -0.295 e. The molecule has 0 atom stereocenters. The van der Waals surface area contributed by atoms with Crippen LogP contribution < -0.4 is 5.32 Å². The number of benzene rings is 1. The zero-order valence-electron chi connectivity index (χ0n) is 19.6. The van der Waals surface area contributed by atoms with Crippen molar-refractivity contribution in [2.75, 3.05) is 13.2 Å². The standard InChI is InChI=1S/C26H30ClFN4O2/c1-6-17(2)12-22(19(4)33)24(28)10-11-30-16-31-25(23(27)14-29-5)13-20-8-7-9-21-15-32(34)18(3)26(20)21/h7-10,12,14,30,34H,2-3,5-6,11,13,15-16H2,1,4H3/b22-12-,23-14+,24-10+,31-25-. The lowest BCUT2D eigenvalue weighted by atomic mass is 9.97. The smallest absolute Gasteiger partial charge is 0.162 e. The molecule has 0 radical (unpaired) electrons. The van der Waals surface area contributed by atoms with Gasteiger partial charge in [0.05, 0.1) is 35.2 Å².